The molecular weight excluding hydrogens is 356 g/mol. The van der Waals surface area contributed by atoms with Crippen LogP contribution in [0.5, 0.6) is 5.75 Å². The molecule has 0 atom stereocenters. The molecule has 1 aromatic heterocycles. The SMILES string of the molecule is CCCNC(=O)c1nc(C(=O)NCCc2ccccc2OC)c2n1CCCC2. The molecule has 0 fully saturated rings. The molecule has 1 aliphatic heterocycles. The highest BCUT2D eigenvalue weighted by atomic mass is 16.5. The molecule has 2 aromatic rings. The summed E-state index contributed by atoms with van der Waals surface area (Å²) in [5.74, 6) is 0.720. The van der Waals surface area contributed by atoms with Crippen LogP contribution in [0.25, 0.3) is 0 Å². The molecule has 28 heavy (non-hydrogen) atoms. The van der Waals surface area contributed by atoms with Crippen LogP contribution in [0.2, 0.25) is 0 Å². The Morgan fingerprint density at radius 3 is 2.71 bits per heavy atom. The predicted molar refractivity (Wildman–Crippen MR) is 107 cm³/mol. The summed E-state index contributed by atoms with van der Waals surface area (Å²) in [6, 6.07) is 7.76. The molecule has 0 saturated carbocycles. The Balaban J connectivity index is 1.71. The normalized spacial score (nSPS) is 12.9. The molecular formula is C21H28N4O3. The minimum atomic E-state index is -0.227. The van der Waals surface area contributed by atoms with E-state index in [9.17, 15) is 9.59 Å². The molecule has 2 heterocycles. The standard InChI is InChI=1S/C21H28N4O3/c1-3-12-22-21(27)19-24-18(16-9-6-7-14-25(16)19)20(26)23-13-11-15-8-4-5-10-17(15)28-2/h4-5,8,10H,3,6-7,9,11-14H2,1-2H3,(H,22,27)(H,23,26). The van der Waals surface area contributed by atoms with Crippen molar-refractivity contribution in [1.82, 2.24) is 20.2 Å². The van der Waals surface area contributed by atoms with Crippen LogP contribution in [0, 0.1) is 0 Å². The fourth-order valence-corrected chi connectivity index (χ4v) is 3.52. The average molecular weight is 384 g/mol. The Morgan fingerprint density at radius 2 is 1.93 bits per heavy atom. The zero-order valence-corrected chi connectivity index (χ0v) is 16.6. The lowest BCUT2D eigenvalue weighted by atomic mass is 10.1. The number of nitrogens with zero attached hydrogens (tertiary/aromatic N) is 2. The molecule has 0 saturated heterocycles. The molecule has 0 spiro atoms. The van der Waals surface area contributed by atoms with E-state index in [0.717, 1.165) is 49.2 Å². The number of amides is 2. The van der Waals surface area contributed by atoms with Crippen LogP contribution in [-0.2, 0) is 19.4 Å². The van der Waals surface area contributed by atoms with E-state index < -0.39 is 0 Å². The van der Waals surface area contributed by atoms with Crippen molar-refractivity contribution in [1.29, 1.82) is 0 Å². The smallest absolute Gasteiger partial charge is 0.287 e. The molecule has 0 radical (unpaired) electrons. The quantitative estimate of drug-likeness (QED) is 0.732. The van der Waals surface area contributed by atoms with Crippen LogP contribution >= 0.6 is 0 Å². The molecule has 0 bridgehead atoms. The van der Waals surface area contributed by atoms with Gasteiger partial charge in [-0.2, -0.15) is 0 Å². The largest absolute Gasteiger partial charge is 0.496 e. The van der Waals surface area contributed by atoms with Gasteiger partial charge in [0.15, 0.2) is 5.82 Å². The van der Waals surface area contributed by atoms with Crippen molar-refractivity contribution in [3.8, 4) is 5.75 Å². The molecule has 3 rings (SSSR count). The number of ether oxygens (including phenoxy) is 1. The van der Waals surface area contributed by atoms with Gasteiger partial charge in [-0.05, 0) is 43.7 Å². The van der Waals surface area contributed by atoms with Gasteiger partial charge in [0.1, 0.15) is 11.4 Å². The highest BCUT2D eigenvalue weighted by Gasteiger charge is 2.27. The second kappa shape index (κ2) is 9.39. The lowest BCUT2D eigenvalue weighted by Crippen LogP contribution is -2.28. The summed E-state index contributed by atoms with van der Waals surface area (Å²) in [7, 11) is 1.64. The summed E-state index contributed by atoms with van der Waals surface area (Å²) in [4.78, 5) is 29.6. The molecule has 7 heteroatoms. The lowest BCUT2D eigenvalue weighted by Gasteiger charge is -2.17. The van der Waals surface area contributed by atoms with Crippen LogP contribution in [-0.4, -0.2) is 41.6 Å². The minimum Gasteiger partial charge on any atom is -0.496 e. The maximum atomic E-state index is 12.8. The molecule has 1 aliphatic rings. The van der Waals surface area contributed by atoms with Crippen molar-refractivity contribution in [3.63, 3.8) is 0 Å². The van der Waals surface area contributed by atoms with Crippen LogP contribution in [0.15, 0.2) is 24.3 Å². The molecule has 2 N–H and O–H groups in total. The fraction of sp³-hybridized carbons (Fsp3) is 0.476. The summed E-state index contributed by atoms with van der Waals surface area (Å²) in [5.41, 5.74) is 2.28. The summed E-state index contributed by atoms with van der Waals surface area (Å²) in [5, 5.41) is 5.80. The predicted octanol–water partition coefficient (Wildman–Crippen LogP) is 2.34. The number of hydrogen-bond acceptors (Lipinski definition) is 4. The number of carbonyl (C=O) groups excluding carboxylic acids is 2. The van der Waals surface area contributed by atoms with E-state index in [4.69, 9.17) is 4.74 Å². The number of imidazole rings is 1. The van der Waals surface area contributed by atoms with Gasteiger partial charge in [0.05, 0.1) is 12.8 Å². The molecule has 150 valence electrons. The van der Waals surface area contributed by atoms with E-state index >= 15 is 0 Å². The highest BCUT2D eigenvalue weighted by molar-refractivity contribution is 5.97. The zero-order chi connectivity index (χ0) is 19.9. The van der Waals surface area contributed by atoms with Crippen LogP contribution < -0.4 is 15.4 Å². The Hall–Kier alpha value is -2.83. The van der Waals surface area contributed by atoms with E-state index in [1.165, 1.54) is 0 Å². The minimum absolute atomic E-state index is 0.210. The number of aromatic nitrogens is 2. The van der Waals surface area contributed by atoms with Gasteiger partial charge in [0, 0.05) is 19.6 Å². The first kappa shape index (κ1) is 19.9. The maximum absolute atomic E-state index is 12.8. The number of para-hydroxylation sites is 1. The van der Waals surface area contributed by atoms with Crippen molar-refractivity contribution in [2.75, 3.05) is 20.2 Å². The third-order valence-corrected chi connectivity index (χ3v) is 4.94. The van der Waals surface area contributed by atoms with Gasteiger partial charge >= 0.3 is 0 Å². The van der Waals surface area contributed by atoms with Gasteiger partial charge in [-0.1, -0.05) is 25.1 Å². The summed E-state index contributed by atoms with van der Waals surface area (Å²) in [6.07, 6.45) is 4.28. The number of benzene rings is 1. The Morgan fingerprint density at radius 1 is 1.14 bits per heavy atom. The lowest BCUT2D eigenvalue weighted by molar-refractivity contribution is 0.0937. The van der Waals surface area contributed by atoms with Crippen LogP contribution in [0.4, 0.5) is 0 Å². The first-order chi connectivity index (χ1) is 13.7. The van der Waals surface area contributed by atoms with Gasteiger partial charge in [0.2, 0.25) is 0 Å². The van der Waals surface area contributed by atoms with Crippen LogP contribution in [0.3, 0.4) is 0 Å². The summed E-state index contributed by atoms with van der Waals surface area (Å²) < 4.78 is 7.26. The molecule has 1 aromatic carbocycles. The second-order valence-corrected chi connectivity index (χ2v) is 6.91. The van der Waals surface area contributed by atoms with Crippen molar-refractivity contribution in [2.45, 2.75) is 45.6 Å². The van der Waals surface area contributed by atoms with Crippen molar-refractivity contribution in [3.05, 3.63) is 47.0 Å². The zero-order valence-electron chi connectivity index (χ0n) is 16.6. The summed E-state index contributed by atoms with van der Waals surface area (Å²) >= 11 is 0. The molecule has 7 nitrogen and oxygen atoms in total. The van der Waals surface area contributed by atoms with Crippen molar-refractivity contribution in [2.24, 2.45) is 0 Å². The molecule has 0 aliphatic carbocycles. The number of methoxy groups -OCH3 is 1. The third-order valence-electron chi connectivity index (χ3n) is 4.94. The number of fused-ring (bicyclic) bond motifs is 1. The van der Waals surface area contributed by atoms with Crippen LogP contribution in [0.1, 0.15) is 58.6 Å². The third kappa shape index (κ3) is 4.35. The van der Waals surface area contributed by atoms with Gasteiger partial charge in [0.25, 0.3) is 11.8 Å². The summed E-state index contributed by atoms with van der Waals surface area (Å²) in [6.45, 7) is 3.80. The number of rotatable bonds is 8. The van der Waals surface area contributed by atoms with Gasteiger partial charge in [-0.3, -0.25) is 9.59 Å². The van der Waals surface area contributed by atoms with Gasteiger partial charge in [-0.25, -0.2) is 4.98 Å². The molecule has 2 amide bonds. The number of carbonyl (C=O) groups is 2. The first-order valence-corrected chi connectivity index (χ1v) is 9.93. The van der Waals surface area contributed by atoms with Gasteiger partial charge in [-0.15, -0.1) is 0 Å². The first-order valence-electron chi connectivity index (χ1n) is 9.93. The topological polar surface area (TPSA) is 85.2 Å². The van der Waals surface area contributed by atoms with Crippen molar-refractivity contribution >= 4 is 11.8 Å². The fourth-order valence-electron chi connectivity index (χ4n) is 3.52. The van der Waals surface area contributed by atoms with Gasteiger partial charge < -0.3 is 19.9 Å². The Labute approximate surface area is 165 Å². The van der Waals surface area contributed by atoms with E-state index in [-0.39, 0.29) is 11.8 Å². The van der Waals surface area contributed by atoms with Crippen molar-refractivity contribution < 1.29 is 14.3 Å². The number of hydrogen-bond donors (Lipinski definition) is 2. The van der Waals surface area contributed by atoms with E-state index in [1.54, 1.807) is 7.11 Å². The monoisotopic (exact) mass is 384 g/mol. The maximum Gasteiger partial charge on any atom is 0.287 e. The van der Waals surface area contributed by atoms with E-state index in [1.807, 2.05) is 35.8 Å². The number of nitrogens with one attached hydrogen (secondary N) is 2. The Bertz CT molecular complexity index is 844. The average Bonchev–Trinajstić information content (AvgIpc) is 3.12. The van der Waals surface area contributed by atoms with E-state index in [0.29, 0.717) is 31.0 Å². The Kier molecular flexibility index (Phi) is 6.68. The highest BCUT2D eigenvalue weighted by Crippen LogP contribution is 2.21. The van der Waals surface area contributed by atoms with E-state index in [2.05, 4.69) is 15.6 Å². The second-order valence-electron chi connectivity index (χ2n) is 6.91. The molecule has 0 unspecified atom stereocenters.